The van der Waals surface area contributed by atoms with Gasteiger partial charge in [0.05, 0.1) is 11.6 Å². The van der Waals surface area contributed by atoms with Gasteiger partial charge in [-0.2, -0.15) is 0 Å². The van der Waals surface area contributed by atoms with Crippen molar-refractivity contribution in [1.82, 2.24) is 5.43 Å². The Morgan fingerprint density at radius 3 is 2.71 bits per heavy atom. The highest BCUT2D eigenvalue weighted by Crippen LogP contribution is 2.36. The van der Waals surface area contributed by atoms with Crippen LogP contribution in [-0.4, -0.2) is 18.2 Å². The number of nitrogens with one attached hydrogen (secondary N) is 1. The van der Waals surface area contributed by atoms with Gasteiger partial charge in [0.25, 0.3) is 0 Å². The molecule has 1 aliphatic carbocycles. The molecule has 0 saturated heterocycles. The van der Waals surface area contributed by atoms with Gasteiger partial charge in [-0.1, -0.05) is 35.2 Å². The summed E-state index contributed by atoms with van der Waals surface area (Å²) >= 11 is 3.49. The van der Waals surface area contributed by atoms with E-state index in [4.69, 9.17) is 10.6 Å². The number of ether oxygens (including phenoxy) is 1. The highest BCUT2D eigenvalue weighted by molar-refractivity contribution is 9.10. The molecule has 0 aromatic heterocycles. The van der Waals surface area contributed by atoms with E-state index in [2.05, 4.69) is 21.4 Å². The van der Waals surface area contributed by atoms with E-state index in [1.165, 1.54) is 12.5 Å². The highest BCUT2D eigenvalue weighted by atomic mass is 79.9. The maximum Gasteiger partial charge on any atom is 0.123 e. The quantitative estimate of drug-likeness (QED) is 0.601. The van der Waals surface area contributed by atoms with Crippen LogP contribution in [0.1, 0.15) is 44.6 Å². The third-order valence-electron chi connectivity index (χ3n) is 4.40. The summed E-state index contributed by atoms with van der Waals surface area (Å²) in [5.41, 5.74) is 3.60. The molecule has 0 bridgehead atoms. The van der Waals surface area contributed by atoms with E-state index in [1.54, 1.807) is 12.1 Å². The van der Waals surface area contributed by atoms with Crippen molar-refractivity contribution in [3.63, 3.8) is 0 Å². The molecule has 1 aromatic rings. The number of halogens is 2. The van der Waals surface area contributed by atoms with Gasteiger partial charge in [-0.15, -0.1) is 0 Å². The van der Waals surface area contributed by atoms with Crippen LogP contribution < -0.4 is 11.3 Å². The first-order valence-electron chi connectivity index (χ1n) is 7.65. The van der Waals surface area contributed by atoms with Gasteiger partial charge in [-0.05, 0) is 49.9 Å². The lowest BCUT2D eigenvalue weighted by Crippen LogP contribution is -2.57. The molecule has 1 saturated carbocycles. The van der Waals surface area contributed by atoms with Crippen molar-refractivity contribution >= 4 is 15.9 Å². The third kappa shape index (κ3) is 4.03. The largest absolute Gasteiger partial charge is 0.374 e. The molecule has 1 atom stereocenters. The minimum absolute atomic E-state index is 0.0177. The van der Waals surface area contributed by atoms with Gasteiger partial charge in [0, 0.05) is 11.1 Å². The van der Waals surface area contributed by atoms with Gasteiger partial charge in [-0.3, -0.25) is 11.3 Å². The molecular formula is C16H24BrFN2O. The van der Waals surface area contributed by atoms with Crippen molar-refractivity contribution in [2.45, 2.75) is 57.1 Å². The number of hydrogen-bond donors (Lipinski definition) is 2. The highest BCUT2D eigenvalue weighted by Gasteiger charge is 2.40. The van der Waals surface area contributed by atoms with Gasteiger partial charge in [0.2, 0.25) is 0 Å². The van der Waals surface area contributed by atoms with Crippen molar-refractivity contribution in [2.75, 3.05) is 6.61 Å². The molecule has 1 aliphatic rings. The van der Waals surface area contributed by atoms with Crippen LogP contribution in [-0.2, 0) is 11.2 Å². The molecule has 5 heteroatoms. The van der Waals surface area contributed by atoms with Gasteiger partial charge in [-0.25, -0.2) is 4.39 Å². The lowest BCUT2D eigenvalue weighted by Gasteiger charge is -2.43. The van der Waals surface area contributed by atoms with E-state index in [0.717, 1.165) is 35.7 Å². The number of rotatable bonds is 6. The monoisotopic (exact) mass is 358 g/mol. The fourth-order valence-corrected chi connectivity index (χ4v) is 3.76. The first-order chi connectivity index (χ1) is 10.1. The van der Waals surface area contributed by atoms with Gasteiger partial charge < -0.3 is 4.74 Å². The summed E-state index contributed by atoms with van der Waals surface area (Å²) in [6.45, 7) is 2.69. The van der Waals surface area contributed by atoms with Crippen LogP contribution in [0.2, 0.25) is 0 Å². The molecule has 0 radical (unpaired) electrons. The van der Waals surface area contributed by atoms with Crippen molar-refractivity contribution in [2.24, 2.45) is 5.84 Å². The Bertz CT molecular complexity index is 458. The lowest BCUT2D eigenvalue weighted by atomic mass is 9.77. The van der Waals surface area contributed by atoms with Crippen LogP contribution in [0, 0.1) is 5.82 Å². The minimum atomic E-state index is -0.243. The maximum atomic E-state index is 13.5. The fraction of sp³-hybridized carbons (Fsp3) is 0.625. The summed E-state index contributed by atoms with van der Waals surface area (Å²) in [5, 5.41) is 0. The van der Waals surface area contributed by atoms with E-state index in [0.29, 0.717) is 13.0 Å². The Morgan fingerprint density at radius 1 is 1.38 bits per heavy atom. The zero-order chi connectivity index (χ0) is 15.3. The molecule has 3 N–H and O–H groups in total. The Labute approximate surface area is 134 Å². The molecule has 1 unspecified atom stereocenters. The second kappa shape index (κ2) is 7.68. The van der Waals surface area contributed by atoms with Crippen LogP contribution in [0.5, 0.6) is 0 Å². The zero-order valence-corrected chi connectivity index (χ0v) is 14.1. The molecule has 118 valence electrons. The molecule has 1 fully saturated rings. The van der Waals surface area contributed by atoms with Crippen LogP contribution in [0.3, 0.4) is 0 Å². The predicted octanol–water partition coefficient (Wildman–Crippen LogP) is 3.70. The Morgan fingerprint density at radius 2 is 2.10 bits per heavy atom. The smallest absolute Gasteiger partial charge is 0.123 e. The van der Waals surface area contributed by atoms with Crippen LogP contribution in [0.25, 0.3) is 0 Å². The van der Waals surface area contributed by atoms with Crippen molar-refractivity contribution in [3.8, 4) is 0 Å². The van der Waals surface area contributed by atoms with E-state index in [1.807, 2.05) is 6.92 Å². The topological polar surface area (TPSA) is 47.3 Å². The van der Waals surface area contributed by atoms with E-state index >= 15 is 0 Å². The lowest BCUT2D eigenvalue weighted by molar-refractivity contribution is -0.0898. The average molecular weight is 359 g/mol. The Balaban J connectivity index is 2.22. The zero-order valence-electron chi connectivity index (χ0n) is 12.5. The molecule has 0 aliphatic heterocycles. The molecule has 2 rings (SSSR count). The second-order valence-electron chi connectivity index (χ2n) is 5.72. The van der Waals surface area contributed by atoms with E-state index in [-0.39, 0.29) is 17.5 Å². The normalized spacial score (nSPS) is 19.4. The van der Waals surface area contributed by atoms with Crippen molar-refractivity contribution in [3.05, 3.63) is 34.1 Å². The molecule has 0 heterocycles. The molecule has 0 amide bonds. The summed E-state index contributed by atoms with van der Waals surface area (Å²) in [4.78, 5) is 0. The number of nitrogens with two attached hydrogens (primary N) is 1. The number of hydrogen-bond acceptors (Lipinski definition) is 3. The van der Waals surface area contributed by atoms with Gasteiger partial charge in [0.1, 0.15) is 5.82 Å². The van der Waals surface area contributed by atoms with Crippen LogP contribution in [0.4, 0.5) is 4.39 Å². The van der Waals surface area contributed by atoms with Crippen molar-refractivity contribution in [1.29, 1.82) is 0 Å². The second-order valence-corrected chi connectivity index (χ2v) is 6.57. The predicted molar refractivity (Wildman–Crippen MR) is 86.4 cm³/mol. The molecule has 21 heavy (non-hydrogen) atoms. The summed E-state index contributed by atoms with van der Waals surface area (Å²) < 4.78 is 20.5. The average Bonchev–Trinajstić information content (AvgIpc) is 2.49. The minimum Gasteiger partial charge on any atom is -0.374 e. The van der Waals surface area contributed by atoms with Gasteiger partial charge >= 0.3 is 0 Å². The standard InChI is InChI=1S/C16H24BrFN2O/c1-2-21-16(8-4-3-5-9-16)15(20-19)11-12-10-13(18)6-7-14(12)17/h6-7,10,15,20H,2-5,8-9,11,19H2,1H3. The third-order valence-corrected chi connectivity index (χ3v) is 5.17. The maximum absolute atomic E-state index is 13.5. The van der Waals surface area contributed by atoms with Crippen LogP contribution >= 0.6 is 15.9 Å². The summed E-state index contributed by atoms with van der Waals surface area (Å²) in [5.74, 6) is 5.59. The Kier molecular flexibility index (Phi) is 6.17. The first-order valence-corrected chi connectivity index (χ1v) is 8.44. The summed E-state index contributed by atoms with van der Waals surface area (Å²) in [6, 6.07) is 4.75. The number of benzene rings is 1. The molecule has 0 spiro atoms. The van der Waals surface area contributed by atoms with E-state index < -0.39 is 0 Å². The molecule has 3 nitrogen and oxygen atoms in total. The first kappa shape index (κ1) is 16.9. The fourth-order valence-electron chi connectivity index (χ4n) is 3.35. The number of hydrazine groups is 1. The van der Waals surface area contributed by atoms with Crippen molar-refractivity contribution < 1.29 is 9.13 Å². The van der Waals surface area contributed by atoms with Gasteiger partial charge in [0.15, 0.2) is 0 Å². The Hall–Kier alpha value is -0.490. The molecule has 1 aromatic carbocycles. The van der Waals surface area contributed by atoms with E-state index in [9.17, 15) is 4.39 Å². The SMILES string of the molecule is CCOC1(C(Cc2cc(F)ccc2Br)NN)CCCCC1. The molecular weight excluding hydrogens is 335 g/mol. The summed E-state index contributed by atoms with van der Waals surface area (Å²) in [7, 11) is 0. The summed E-state index contributed by atoms with van der Waals surface area (Å²) in [6.07, 6.45) is 6.21. The van der Waals surface area contributed by atoms with Crippen LogP contribution in [0.15, 0.2) is 22.7 Å².